The lowest BCUT2D eigenvalue weighted by Crippen LogP contribution is -2.47. The van der Waals surface area contributed by atoms with E-state index in [1.165, 1.54) is 0 Å². The molecule has 2 amide bonds. The molecule has 108 valence electrons. The van der Waals surface area contributed by atoms with Crippen LogP contribution in [0, 0.1) is 0 Å². The number of aliphatic carboxylic acids is 1. The molecular weight excluding hydrogens is 250 g/mol. The van der Waals surface area contributed by atoms with E-state index in [-0.39, 0.29) is 18.7 Å². The second-order valence-corrected chi connectivity index (χ2v) is 4.71. The van der Waals surface area contributed by atoms with Crippen molar-refractivity contribution in [3.05, 3.63) is 0 Å². The molecule has 1 heterocycles. The van der Waals surface area contributed by atoms with Crippen LogP contribution in [0.2, 0.25) is 0 Å². The molecule has 0 aliphatic carbocycles. The molecule has 0 aromatic carbocycles. The van der Waals surface area contributed by atoms with Crippen molar-refractivity contribution in [2.24, 2.45) is 5.73 Å². The summed E-state index contributed by atoms with van der Waals surface area (Å²) < 4.78 is 0. The van der Waals surface area contributed by atoms with Crippen LogP contribution in [0.3, 0.4) is 0 Å². The van der Waals surface area contributed by atoms with Gasteiger partial charge in [-0.3, -0.25) is 14.4 Å². The van der Waals surface area contributed by atoms with Gasteiger partial charge in [-0.1, -0.05) is 0 Å². The third-order valence-corrected chi connectivity index (χ3v) is 3.08. The van der Waals surface area contributed by atoms with Crippen molar-refractivity contribution in [1.82, 2.24) is 10.2 Å². The number of carbonyl (C=O) groups excluding carboxylic acids is 2. The number of likely N-dealkylation sites (tertiary alicyclic amines) is 1. The SMILES string of the molecule is NC(=O)C[C@H](NCCCC(=O)O)C(=O)N1CCCC1. The van der Waals surface area contributed by atoms with Crippen LogP contribution in [-0.4, -0.2) is 53.5 Å². The number of nitrogens with one attached hydrogen (secondary N) is 1. The van der Waals surface area contributed by atoms with Crippen LogP contribution >= 0.6 is 0 Å². The minimum Gasteiger partial charge on any atom is -0.481 e. The van der Waals surface area contributed by atoms with Crippen molar-refractivity contribution < 1.29 is 19.5 Å². The number of carboxylic acids is 1. The highest BCUT2D eigenvalue weighted by atomic mass is 16.4. The molecule has 1 rings (SSSR count). The van der Waals surface area contributed by atoms with Crippen molar-refractivity contribution in [2.75, 3.05) is 19.6 Å². The third kappa shape index (κ3) is 5.69. The molecule has 1 saturated heterocycles. The van der Waals surface area contributed by atoms with Gasteiger partial charge in [0.15, 0.2) is 0 Å². The predicted molar refractivity (Wildman–Crippen MR) is 68.3 cm³/mol. The summed E-state index contributed by atoms with van der Waals surface area (Å²) in [6.07, 6.45) is 2.36. The molecule has 0 aromatic rings. The Hall–Kier alpha value is -1.63. The van der Waals surface area contributed by atoms with Crippen molar-refractivity contribution in [2.45, 2.75) is 38.1 Å². The highest BCUT2D eigenvalue weighted by Gasteiger charge is 2.27. The van der Waals surface area contributed by atoms with Crippen molar-refractivity contribution in [1.29, 1.82) is 0 Å². The summed E-state index contributed by atoms with van der Waals surface area (Å²) in [5.41, 5.74) is 5.14. The van der Waals surface area contributed by atoms with Crippen LogP contribution in [0.4, 0.5) is 0 Å². The molecule has 7 nitrogen and oxygen atoms in total. The number of hydrogen-bond donors (Lipinski definition) is 3. The van der Waals surface area contributed by atoms with Crippen LogP contribution < -0.4 is 11.1 Å². The lowest BCUT2D eigenvalue weighted by atomic mass is 10.1. The van der Waals surface area contributed by atoms with Crippen LogP contribution in [-0.2, 0) is 14.4 Å². The zero-order chi connectivity index (χ0) is 14.3. The summed E-state index contributed by atoms with van der Waals surface area (Å²) in [5.74, 6) is -1.53. The van der Waals surface area contributed by atoms with E-state index in [4.69, 9.17) is 10.8 Å². The molecule has 0 aromatic heterocycles. The van der Waals surface area contributed by atoms with E-state index < -0.39 is 17.9 Å². The number of nitrogens with two attached hydrogens (primary N) is 1. The van der Waals surface area contributed by atoms with Gasteiger partial charge in [-0.05, 0) is 25.8 Å². The Morgan fingerprint density at radius 3 is 2.42 bits per heavy atom. The molecule has 19 heavy (non-hydrogen) atoms. The van der Waals surface area contributed by atoms with Gasteiger partial charge in [0.2, 0.25) is 11.8 Å². The van der Waals surface area contributed by atoms with Gasteiger partial charge in [0.1, 0.15) is 0 Å². The van der Waals surface area contributed by atoms with E-state index in [1.54, 1.807) is 4.90 Å². The van der Waals surface area contributed by atoms with Gasteiger partial charge in [0.25, 0.3) is 0 Å². The molecule has 1 atom stereocenters. The molecule has 0 bridgehead atoms. The van der Waals surface area contributed by atoms with Gasteiger partial charge in [-0.15, -0.1) is 0 Å². The molecule has 4 N–H and O–H groups in total. The highest BCUT2D eigenvalue weighted by Crippen LogP contribution is 2.10. The molecule has 1 aliphatic heterocycles. The second-order valence-electron chi connectivity index (χ2n) is 4.71. The molecule has 0 radical (unpaired) electrons. The minimum absolute atomic E-state index is 0.0359. The molecule has 7 heteroatoms. The topological polar surface area (TPSA) is 113 Å². The number of primary amides is 1. The molecular formula is C12H21N3O4. The number of nitrogens with zero attached hydrogens (tertiary/aromatic N) is 1. The third-order valence-electron chi connectivity index (χ3n) is 3.08. The summed E-state index contributed by atoms with van der Waals surface area (Å²) in [6, 6.07) is -0.635. The molecule has 1 aliphatic rings. The second kappa shape index (κ2) is 7.73. The highest BCUT2D eigenvalue weighted by molar-refractivity contribution is 5.87. The first-order chi connectivity index (χ1) is 9.00. The van der Waals surface area contributed by atoms with E-state index in [0.717, 1.165) is 12.8 Å². The van der Waals surface area contributed by atoms with Crippen molar-refractivity contribution in [3.63, 3.8) is 0 Å². The van der Waals surface area contributed by atoms with Gasteiger partial charge >= 0.3 is 5.97 Å². The normalized spacial score (nSPS) is 16.3. The standard InChI is InChI=1S/C12H21N3O4/c13-10(16)8-9(14-5-3-4-11(17)18)12(19)15-6-1-2-7-15/h9,14H,1-8H2,(H2,13,16)(H,17,18)/t9-/m0/s1. The molecule has 0 saturated carbocycles. The Morgan fingerprint density at radius 2 is 1.89 bits per heavy atom. The summed E-state index contributed by atoms with van der Waals surface area (Å²) >= 11 is 0. The smallest absolute Gasteiger partial charge is 0.303 e. The number of carboxylic acid groups (broad SMARTS) is 1. The van der Waals surface area contributed by atoms with E-state index >= 15 is 0 Å². The van der Waals surface area contributed by atoms with Crippen LogP contribution in [0.25, 0.3) is 0 Å². The molecule has 0 spiro atoms. The van der Waals surface area contributed by atoms with Gasteiger partial charge in [0.05, 0.1) is 12.5 Å². The van der Waals surface area contributed by atoms with Gasteiger partial charge in [-0.25, -0.2) is 0 Å². The first-order valence-corrected chi connectivity index (χ1v) is 6.53. The van der Waals surface area contributed by atoms with E-state index in [1.807, 2.05) is 0 Å². The fraction of sp³-hybridized carbons (Fsp3) is 0.750. The van der Waals surface area contributed by atoms with E-state index in [2.05, 4.69) is 5.32 Å². The maximum atomic E-state index is 12.1. The largest absolute Gasteiger partial charge is 0.481 e. The number of hydrogen-bond acceptors (Lipinski definition) is 4. The average molecular weight is 271 g/mol. The number of amides is 2. The van der Waals surface area contributed by atoms with Gasteiger partial charge in [0, 0.05) is 19.5 Å². The fourth-order valence-corrected chi connectivity index (χ4v) is 2.12. The quantitative estimate of drug-likeness (QED) is 0.506. The molecule has 0 unspecified atom stereocenters. The Labute approximate surface area is 112 Å². The minimum atomic E-state index is -0.876. The number of rotatable bonds is 8. The summed E-state index contributed by atoms with van der Waals surface area (Å²) in [4.78, 5) is 35.2. The lowest BCUT2D eigenvalue weighted by molar-refractivity contribution is -0.137. The maximum absolute atomic E-state index is 12.1. The van der Waals surface area contributed by atoms with E-state index in [9.17, 15) is 14.4 Å². The average Bonchev–Trinajstić information content (AvgIpc) is 2.85. The Kier molecular flexibility index (Phi) is 6.27. The maximum Gasteiger partial charge on any atom is 0.303 e. The summed E-state index contributed by atoms with van der Waals surface area (Å²) in [5, 5.41) is 11.5. The van der Waals surface area contributed by atoms with Gasteiger partial charge in [-0.2, -0.15) is 0 Å². The van der Waals surface area contributed by atoms with Crippen LogP contribution in [0.1, 0.15) is 32.1 Å². The Morgan fingerprint density at radius 1 is 1.26 bits per heavy atom. The van der Waals surface area contributed by atoms with Gasteiger partial charge < -0.3 is 21.1 Å². The first kappa shape index (κ1) is 15.4. The number of carbonyl (C=O) groups is 3. The zero-order valence-corrected chi connectivity index (χ0v) is 10.9. The fourth-order valence-electron chi connectivity index (χ4n) is 2.12. The predicted octanol–water partition coefficient (Wildman–Crippen LogP) is -0.693. The Bertz CT molecular complexity index is 340. The Balaban J connectivity index is 2.43. The van der Waals surface area contributed by atoms with E-state index in [0.29, 0.717) is 26.1 Å². The molecule has 1 fully saturated rings. The monoisotopic (exact) mass is 271 g/mol. The van der Waals surface area contributed by atoms with Crippen molar-refractivity contribution >= 4 is 17.8 Å². The first-order valence-electron chi connectivity index (χ1n) is 6.53. The summed E-state index contributed by atoms with van der Waals surface area (Å²) in [6.45, 7) is 1.81. The van der Waals surface area contributed by atoms with Crippen LogP contribution in [0.5, 0.6) is 0 Å². The van der Waals surface area contributed by atoms with Crippen LogP contribution in [0.15, 0.2) is 0 Å². The van der Waals surface area contributed by atoms with Crippen molar-refractivity contribution in [3.8, 4) is 0 Å². The zero-order valence-electron chi connectivity index (χ0n) is 10.9. The summed E-state index contributed by atoms with van der Waals surface area (Å²) in [7, 11) is 0. The lowest BCUT2D eigenvalue weighted by Gasteiger charge is -2.23.